The molecule has 0 heterocycles. The average Bonchev–Trinajstić information content (AvgIpc) is 0.855. The quantitative estimate of drug-likeness (QED) is 0.0514. The van der Waals surface area contributed by atoms with E-state index in [0.29, 0.717) is 0 Å². The van der Waals surface area contributed by atoms with Crippen LogP contribution in [-0.4, -0.2) is 0 Å². The Labute approximate surface area is 685 Å². The number of nitrogens with zero attached hydrogens (tertiary/aromatic N) is 2. The Bertz CT molecular complexity index is 3110. The van der Waals surface area contributed by atoms with Gasteiger partial charge in [-0.2, -0.15) is 10.5 Å². The summed E-state index contributed by atoms with van der Waals surface area (Å²) in [5.41, 5.74) is 0. The molecule has 8 nitrogen and oxygen atoms in total. The molecule has 0 amide bonds. The van der Waals surface area contributed by atoms with Crippen molar-refractivity contribution >= 4 is 95.3 Å². The van der Waals surface area contributed by atoms with E-state index in [1.165, 1.54) is 77.5 Å². The monoisotopic (exact) mass is 2470 g/mol. The maximum absolute atomic E-state index is 7.50. The predicted molar refractivity (Wildman–Crippen MR) is 387 cm³/mol. The SMILES string of the molecule is CC#N.CC#N.[Au].[Au].[C-]#[O+].[C-]#[O+].[C-]#[O+].[C-]#[O+].[C-]#[O+].[C-]#[O+].[Pt].[Pt].[Pt].[Pt].c1ccc(P(c2ccccc2)c2ccccc2)cc1.c1ccc(P(c2ccccc2)c2ccccc2)cc1.c1ccc(P(c2ccccc2)c2ccccc2)cc1.c1ccc(P(c2ccccc2)c2ccccc2)cc1. The van der Waals surface area contributed by atoms with Crippen LogP contribution in [0, 0.1) is 62.6 Å². The van der Waals surface area contributed by atoms with Gasteiger partial charge < -0.3 is 0 Å². The molecule has 0 aromatic heterocycles. The second kappa shape index (κ2) is 72.8. The third-order valence-corrected chi connectivity index (χ3v) is 21.9. The van der Waals surface area contributed by atoms with E-state index >= 15 is 0 Å². The maximum atomic E-state index is 7.50. The summed E-state index contributed by atoms with van der Waals surface area (Å²) in [4.78, 5) is 0. The summed E-state index contributed by atoms with van der Waals surface area (Å²) < 4.78 is 45.0. The van der Waals surface area contributed by atoms with Gasteiger partial charge in [0.2, 0.25) is 0 Å². The van der Waals surface area contributed by atoms with E-state index in [9.17, 15) is 0 Å². The van der Waals surface area contributed by atoms with Gasteiger partial charge in [0.15, 0.2) is 0 Å². The van der Waals surface area contributed by atoms with Crippen LogP contribution < -0.4 is 63.7 Å². The van der Waals surface area contributed by atoms with E-state index in [1.807, 2.05) is 0 Å². The summed E-state index contributed by atoms with van der Waals surface area (Å²) in [6.07, 6.45) is 0. The van der Waals surface area contributed by atoms with Crippen molar-refractivity contribution in [2.75, 3.05) is 0 Å². The van der Waals surface area contributed by atoms with Crippen molar-refractivity contribution in [2.45, 2.75) is 13.8 Å². The second-order valence-corrected chi connectivity index (χ2v) is 26.7. The van der Waals surface area contributed by atoms with Crippen molar-refractivity contribution in [3.8, 4) is 12.1 Å². The number of hydrogen-bond acceptors (Lipinski definition) is 2. The standard InChI is InChI=1S/4C18H15P.2C2H3N.6CO.2Au.4Pt/c4*1-4-10-16(11-5-1)19(17-12-6-2-7-13-17)18-14-8-3-9-15-18;2*1-2-3;6*1-2;;;;;;/h4*1-15H;2*1H3;;;;;;;;;;;;. The fourth-order valence-electron chi connectivity index (χ4n) is 8.71. The minimum absolute atomic E-state index is 0. The molecule has 12 aromatic rings. The minimum Gasteiger partial charge on any atom is -0.0622 e. The second-order valence-electron chi connectivity index (χ2n) is 17.8. The third-order valence-electron chi connectivity index (χ3n) is 12.2. The fraction of sp³-hybridized carbons (Fsp3) is 0.0244. The van der Waals surface area contributed by atoms with Crippen molar-refractivity contribution in [1.82, 2.24) is 0 Å². The molecule has 0 atom stereocenters. The summed E-state index contributed by atoms with van der Waals surface area (Å²) in [5, 5.41) is 31.4. The largest absolute Gasteiger partial charge is 0.0622 e. The topological polar surface area (TPSA) is 167 Å². The predicted octanol–water partition coefficient (Wildman–Crippen LogP) is 14.6. The molecule has 12 rings (SSSR count). The maximum Gasteiger partial charge on any atom is 0 e. The zero-order valence-electron chi connectivity index (χ0n) is 53.6. The van der Waals surface area contributed by atoms with Crippen LogP contribution in [-0.2, 0) is 157 Å². The summed E-state index contributed by atoms with van der Waals surface area (Å²) in [5.74, 6) is 0. The molecule has 0 N–H and O–H groups in total. The molecule has 0 saturated carbocycles. The Morgan fingerprint density at radius 1 is 0.180 bits per heavy atom. The molecule has 0 bridgehead atoms. The van der Waals surface area contributed by atoms with Crippen molar-refractivity contribution in [3.63, 3.8) is 0 Å². The molecule has 0 aliphatic heterocycles. The smallest absolute Gasteiger partial charge is 0 e. The van der Waals surface area contributed by atoms with Gasteiger partial charge in [-0.3, -0.25) is 0 Å². The summed E-state index contributed by atoms with van der Waals surface area (Å²) >= 11 is 0. The van der Waals surface area contributed by atoms with Gasteiger partial charge in [0.1, 0.15) is 0 Å². The molecule has 2 radical (unpaired) electrons. The van der Waals surface area contributed by atoms with E-state index in [4.69, 9.17) is 38.4 Å². The van der Waals surface area contributed by atoms with Gasteiger partial charge >= 0.3 is 67.8 Å². The molecule has 0 aliphatic carbocycles. The van der Waals surface area contributed by atoms with E-state index in [1.54, 1.807) is 12.1 Å². The van der Waals surface area contributed by atoms with Crippen LogP contribution in [0.3, 0.4) is 0 Å². The van der Waals surface area contributed by atoms with Crippen LogP contribution in [0.25, 0.3) is 0 Å². The molecule has 0 aliphatic rings. The molecule has 18 heteroatoms. The molecular weight excluding hydrogens is 2410 g/mol. The zero-order chi connectivity index (χ0) is 69.1. The Balaban J connectivity index is -0.000000268. The molecule has 0 unspecified atom stereocenters. The first-order valence-electron chi connectivity index (χ1n) is 28.3. The molecule has 0 spiro atoms. The van der Waals surface area contributed by atoms with Gasteiger partial charge in [-0.05, 0) is 95.3 Å². The van der Waals surface area contributed by atoms with E-state index < -0.39 is 31.7 Å². The van der Waals surface area contributed by atoms with Crippen molar-refractivity contribution in [2.24, 2.45) is 0 Å². The van der Waals surface area contributed by atoms with E-state index in [-0.39, 0.29) is 129 Å². The average molecular weight is 2470 g/mol. The molecule has 522 valence electrons. The van der Waals surface area contributed by atoms with Crippen LogP contribution in [0.1, 0.15) is 13.8 Å². The Hall–Kier alpha value is -5.99. The van der Waals surface area contributed by atoms with Crippen molar-refractivity contribution in [1.29, 1.82) is 10.5 Å². The summed E-state index contributed by atoms with van der Waals surface area (Å²) in [6, 6.07) is 133. The summed E-state index contributed by atoms with van der Waals surface area (Å²) in [7, 11) is -1.78. The molecule has 0 fully saturated rings. The Kier molecular flexibility index (Phi) is 76.4. The Morgan fingerprint density at radius 2 is 0.230 bits per heavy atom. The van der Waals surface area contributed by atoms with Gasteiger partial charge in [-0.25, -0.2) is 0 Å². The normalized spacial score (nSPS) is 8.32. The molecular formula is C82H66Au2N2O6P4Pt4. The number of rotatable bonds is 12. The summed E-state index contributed by atoms with van der Waals surface area (Å²) in [6.45, 7) is 29.9. The molecule has 0 saturated heterocycles. The molecule has 100 heavy (non-hydrogen) atoms. The van der Waals surface area contributed by atoms with Crippen LogP contribution >= 0.6 is 31.7 Å². The van der Waals surface area contributed by atoms with Crippen LogP contribution in [0.5, 0.6) is 0 Å². The van der Waals surface area contributed by atoms with E-state index in [2.05, 4.69) is 404 Å². The Morgan fingerprint density at radius 3 is 0.280 bits per heavy atom. The van der Waals surface area contributed by atoms with Gasteiger partial charge in [0.25, 0.3) is 0 Å². The zero-order valence-corrected chi connectivity index (χ0v) is 70.6. The van der Waals surface area contributed by atoms with E-state index in [0.717, 1.165) is 0 Å². The van der Waals surface area contributed by atoms with Gasteiger partial charge in [-0.15, -0.1) is 0 Å². The van der Waals surface area contributed by atoms with Gasteiger partial charge in [0.05, 0.1) is 12.1 Å². The molecule has 12 aromatic carbocycles. The first-order valence-corrected chi connectivity index (χ1v) is 33.7. The number of benzene rings is 12. The number of hydrogen-bond donors (Lipinski definition) is 0. The van der Waals surface area contributed by atoms with Gasteiger partial charge in [0, 0.05) is 143 Å². The van der Waals surface area contributed by atoms with Crippen molar-refractivity contribution in [3.05, 3.63) is 404 Å². The minimum atomic E-state index is -0.446. The first kappa shape index (κ1) is 105. The van der Waals surface area contributed by atoms with Crippen LogP contribution in [0.4, 0.5) is 0 Å². The van der Waals surface area contributed by atoms with Gasteiger partial charge in [-0.1, -0.05) is 364 Å². The third kappa shape index (κ3) is 40.0. The van der Waals surface area contributed by atoms with Crippen LogP contribution in [0.2, 0.25) is 0 Å². The van der Waals surface area contributed by atoms with Crippen LogP contribution in [0.15, 0.2) is 364 Å². The van der Waals surface area contributed by atoms with Crippen molar-refractivity contribution < 1.29 is 157 Å². The fourth-order valence-corrected chi connectivity index (χ4v) is 17.9. The first-order chi connectivity index (χ1) is 46.6. The number of nitriles is 2.